The van der Waals surface area contributed by atoms with Gasteiger partial charge in [-0.2, -0.15) is 5.10 Å². The highest BCUT2D eigenvalue weighted by molar-refractivity contribution is 6.03. The average Bonchev–Trinajstić information content (AvgIpc) is 3.46. The van der Waals surface area contributed by atoms with Crippen LogP contribution in [0, 0.1) is 6.92 Å². The van der Waals surface area contributed by atoms with Crippen molar-refractivity contribution in [1.29, 1.82) is 0 Å². The predicted molar refractivity (Wildman–Crippen MR) is 130 cm³/mol. The van der Waals surface area contributed by atoms with Crippen molar-refractivity contribution in [2.24, 2.45) is 5.73 Å². The van der Waals surface area contributed by atoms with Crippen molar-refractivity contribution in [3.8, 4) is 11.3 Å². The number of hydrogen-bond donors (Lipinski definition) is 3. The van der Waals surface area contributed by atoms with Crippen molar-refractivity contribution < 1.29 is 9.59 Å². The lowest BCUT2D eigenvalue weighted by Crippen LogP contribution is -2.23. The number of aryl methyl sites for hydroxylation is 1. The Bertz CT molecular complexity index is 1140. The molecule has 1 aliphatic carbocycles. The second kappa shape index (κ2) is 9.90. The van der Waals surface area contributed by atoms with E-state index in [4.69, 9.17) is 10.8 Å². The molecule has 0 spiro atoms. The Kier molecular flexibility index (Phi) is 6.77. The fourth-order valence-corrected chi connectivity index (χ4v) is 4.51. The molecule has 0 aliphatic heterocycles. The first kappa shape index (κ1) is 22.6. The number of benzene rings is 2. The van der Waals surface area contributed by atoms with Crippen LogP contribution in [-0.4, -0.2) is 28.1 Å². The van der Waals surface area contributed by atoms with Crippen LogP contribution >= 0.6 is 0 Å². The van der Waals surface area contributed by atoms with Gasteiger partial charge < -0.3 is 16.4 Å². The van der Waals surface area contributed by atoms with Crippen LogP contribution in [0.2, 0.25) is 0 Å². The van der Waals surface area contributed by atoms with Gasteiger partial charge in [-0.1, -0.05) is 55.3 Å². The summed E-state index contributed by atoms with van der Waals surface area (Å²) >= 11 is 0. The predicted octanol–water partition coefficient (Wildman–Crippen LogP) is 4.43. The van der Waals surface area contributed by atoms with Crippen LogP contribution in [0.25, 0.3) is 11.3 Å². The first-order chi connectivity index (χ1) is 16.0. The Morgan fingerprint density at radius 2 is 1.79 bits per heavy atom. The molecule has 2 aromatic carbocycles. The number of nitrogens with two attached hydrogens (primary N) is 1. The van der Waals surface area contributed by atoms with Crippen molar-refractivity contribution >= 4 is 17.6 Å². The smallest absolute Gasteiger partial charge is 0.254 e. The lowest BCUT2D eigenvalue weighted by molar-refractivity contribution is 0.0949. The molecule has 7 nitrogen and oxygen atoms in total. The van der Waals surface area contributed by atoms with Gasteiger partial charge in [-0.25, -0.2) is 4.68 Å². The lowest BCUT2D eigenvalue weighted by Gasteiger charge is -2.15. The van der Waals surface area contributed by atoms with Crippen molar-refractivity contribution in [2.75, 3.05) is 11.9 Å². The first-order valence-corrected chi connectivity index (χ1v) is 11.6. The Balaban J connectivity index is 1.57. The zero-order chi connectivity index (χ0) is 23.4. The Morgan fingerprint density at radius 1 is 1.09 bits per heavy atom. The summed E-state index contributed by atoms with van der Waals surface area (Å²) in [6, 6.07) is 15.5. The number of primary amides is 1. The fraction of sp³-hybridized carbons (Fsp3) is 0.346. The Labute approximate surface area is 194 Å². The van der Waals surface area contributed by atoms with Gasteiger partial charge in [0, 0.05) is 24.2 Å². The normalized spacial score (nSPS) is 13.8. The molecule has 1 aromatic heterocycles. The molecule has 3 aromatic rings. The largest absolute Gasteiger partial charge is 0.370 e. The van der Waals surface area contributed by atoms with E-state index in [2.05, 4.69) is 10.6 Å². The summed E-state index contributed by atoms with van der Waals surface area (Å²) in [6.07, 6.45) is 4.44. The fourth-order valence-electron chi connectivity index (χ4n) is 4.51. The third kappa shape index (κ3) is 4.77. The number of aromatic nitrogens is 2. The molecule has 4 N–H and O–H groups in total. The zero-order valence-electron chi connectivity index (χ0n) is 19.2. The number of rotatable bonds is 8. The highest BCUT2D eigenvalue weighted by atomic mass is 16.2. The molecular weight excluding hydrogens is 414 g/mol. The van der Waals surface area contributed by atoms with E-state index in [0.717, 1.165) is 29.5 Å². The maximum Gasteiger partial charge on any atom is 0.254 e. The van der Waals surface area contributed by atoms with Crippen molar-refractivity contribution in [3.63, 3.8) is 0 Å². The number of nitrogens with one attached hydrogen (secondary N) is 2. The van der Waals surface area contributed by atoms with Gasteiger partial charge in [-0.3, -0.25) is 9.59 Å². The molecule has 172 valence electrons. The van der Waals surface area contributed by atoms with Gasteiger partial charge >= 0.3 is 0 Å². The number of amides is 2. The second-order valence-electron chi connectivity index (χ2n) is 8.54. The van der Waals surface area contributed by atoms with Crippen molar-refractivity contribution in [3.05, 3.63) is 70.8 Å². The molecule has 0 atom stereocenters. The summed E-state index contributed by atoms with van der Waals surface area (Å²) in [5, 5.41) is 11.1. The molecule has 0 radical (unpaired) electrons. The highest BCUT2D eigenvalue weighted by Gasteiger charge is 2.28. The van der Waals surface area contributed by atoms with Gasteiger partial charge in [-0.05, 0) is 43.9 Å². The van der Waals surface area contributed by atoms with Gasteiger partial charge in [0.1, 0.15) is 17.1 Å². The zero-order valence-corrected chi connectivity index (χ0v) is 19.2. The third-order valence-electron chi connectivity index (χ3n) is 6.24. The van der Waals surface area contributed by atoms with Crippen molar-refractivity contribution in [1.82, 2.24) is 15.1 Å². The maximum atomic E-state index is 12.5. The van der Waals surface area contributed by atoms with Crippen LogP contribution in [0.3, 0.4) is 0 Å². The minimum absolute atomic E-state index is 0.0984. The monoisotopic (exact) mass is 445 g/mol. The van der Waals surface area contributed by atoms with E-state index >= 15 is 0 Å². The van der Waals surface area contributed by atoms with E-state index < -0.39 is 5.91 Å². The standard InChI is InChI=1S/C26H31N5O2/c1-3-28-25-22(24(27)32)23(30-31(25)20-9-5-6-10-20)19-14-12-18(13-15-19)16-29-26(33)21-11-7-4-8-17(21)2/h4,7-8,11-15,20,28H,3,5-6,9-10,16H2,1-2H3,(H2,27,32)(H,29,33). The molecule has 7 heteroatoms. The third-order valence-corrected chi connectivity index (χ3v) is 6.24. The first-order valence-electron chi connectivity index (χ1n) is 11.6. The molecule has 2 amide bonds. The van der Waals surface area contributed by atoms with E-state index in [0.29, 0.717) is 35.7 Å². The lowest BCUT2D eigenvalue weighted by atomic mass is 10.0. The number of carbonyl (C=O) groups excluding carboxylic acids is 2. The average molecular weight is 446 g/mol. The number of hydrogen-bond acceptors (Lipinski definition) is 4. The second-order valence-corrected chi connectivity index (χ2v) is 8.54. The molecule has 0 saturated heterocycles. The van der Waals surface area contributed by atoms with Gasteiger partial charge in [0.05, 0.1) is 6.04 Å². The van der Waals surface area contributed by atoms with Gasteiger partial charge in [0.25, 0.3) is 11.8 Å². The van der Waals surface area contributed by atoms with E-state index in [1.807, 2.05) is 67.1 Å². The van der Waals surface area contributed by atoms with E-state index in [1.165, 1.54) is 12.8 Å². The van der Waals surface area contributed by atoms with Crippen LogP contribution < -0.4 is 16.4 Å². The summed E-state index contributed by atoms with van der Waals surface area (Å²) in [5.74, 6) is 0.125. The van der Waals surface area contributed by atoms with E-state index in [-0.39, 0.29) is 11.9 Å². The Morgan fingerprint density at radius 3 is 2.42 bits per heavy atom. The van der Waals surface area contributed by atoms with Gasteiger partial charge in [-0.15, -0.1) is 0 Å². The molecule has 4 rings (SSSR count). The summed E-state index contributed by atoms with van der Waals surface area (Å²) in [4.78, 5) is 24.9. The van der Waals surface area contributed by atoms with Crippen LogP contribution in [-0.2, 0) is 6.54 Å². The molecule has 1 heterocycles. The van der Waals surface area contributed by atoms with Crippen LogP contribution in [0.5, 0.6) is 0 Å². The van der Waals surface area contributed by atoms with Crippen LogP contribution in [0.4, 0.5) is 5.82 Å². The minimum Gasteiger partial charge on any atom is -0.370 e. The summed E-state index contributed by atoms with van der Waals surface area (Å²) in [6.45, 7) is 5.01. The van der Waals surface area contributed by atoms with E-state index in [1.54, 1.807) is 0 Å². The maximum absolute atomic E-state index is 12.5. The molecular formula is C26H31N5O2. The summed E-state index contributed by atoms with van der Waals surface area (Å²) < 4.78 is 1.96. The number of carbonyl (C=O) groups is 2. The SMILES string of the molecule is CCNc1c(C(N)=O)c(-c2ccc(CNC(=O)c3ccccc3C)cc2)nn1C1CCCC1. The molecule has 1 aliphatic rings. The minimum atomic E-state index is -0.486. The molecule has 33 heavy (non-hydrogen) atoms. The summed E-state index contributed by atoms with van der Waals surface area (Å²) in [7, 11) is 0. The van der Waals surface area contributed by atoms with Gasteiger partial charge in [0.15, 0.2) is 0 Å². The molecule has 1 saturated carbocycles. The van der Waals surface area contributed by atoms with E-state index in [9.17, 15) is 9.59 Å². The number of nitrogens with zero attached hydrogens (tertiary/aromatic N) is 2. The number of anilines is 1. The topological polar surface area (TPSA) is 102 Å². The summed E-state index contributed by atoms with van der Waals surface area (Å²) in [5.41, 5.74) is 10.2. The molecule has 0 unspecified atom stereocenters. The quantitative estimate of drug-likeness (QED) is 0.477. The highest BCUT2D eigenvalue weighted by Crippen LogP contribution is 2.36. The Hall–Kier alpha value is -3.61. The molecule has 1 fully saturated rings. The molecule has 0 bridgehead atoms. The van der Waals surface area contributed by atoms with Crippen LogP contribution in [0.15, 0.2) is 48.5 Å². The van der Waals surface area contributed by atoms with Gasteiger partial charge in [0.2, 0.25) is 0 Å². The van der Waals surface area contributed by atoms with Crippen molar-refractivity contribution in [2.45, 2.75) is 52.1 Å². The van der Waals surface area contributed by atoms with Crippen LogP contribution in [0.1, 0.15) is 70.5 Å².